The number of ether oxygens (including phenoxy) is 1. The molecule has 6 nitrogen and oxygen atoms in total. The topological polar surface area (TPSA) is 68.6 Å². The van der Waals surface area contributed by atoms with Gasteiger partial charge >= 0.3 is 5.97 Å². The van der Waals surface area contributed by atoms with Gasteiger partial charge in [0.25, 0.3) is 0 Å². The van der Waals surface area contributed by atoms with E-state index in [2.05, 4.69) is 0 Å². The van der Waals surface area contributed by atoms with Crippen molar-refractivity contribution in [3.05, 3.63) is 22.5 Å². The summed E-state index contributed by atoms with van der Waals surface area (Å²) in [7, 11) is 3.09. The molecule has 1 aliphatic carbocycles. The van der Waals surface area contributed by atoms with Crippen molar-refractivity contribution < 1.29 is 19.1 Å². The molecule has 0 unspecified atom stereocenters. The highest BCUT2D eigenvalue weighted by Gasteiger charge is 2.34. The molecule has 0 radical (unpaired) electrons. The van der Waals surface area contributed by atoms with Gasteiger partial charge in [-0.05, 0) is 45.6 Å². The minimum Gasteiger partial charge on any atom is -0.464 e. The van der Waals surface area contributed by atoms with Crippen molar-refractivity contribution >= 4 is 17.7 Å². The fourth-order valence-corrected chi connectivity index (χ4v) is 4.40. The van der Waals surface area contributed by atoms with E-state index in [0.29, 0.717) is 23.4 Å². The summed E-state index contributed by atoms with van der Waals surface area (Å²) in [5.41, 5.74) is 2.24. The van der Waals surface area contributed by atoms with Crippen LogP contribution in [0.25, 0.3) is 0 Å². The second-order valence-electron chi connectivity index (χ2n) is 7.89. The summed E-state index contributed by atoms with van der Waals surface area (Å²) in [4.78, 5) is 40.5. The molecule has 0 saturated heterocycles. The molecule has 1 saturated carbocycles. The number of nitrogens with zero attached hydrogens (tertiary/aromatic N) is 2. The van der Waals surface area contributed by atoms with Crippen molar-refractivity contribution in [3.63, 3.8) is 0 Å². The van der Waals surface area contributed by atoms with Crippen LogP contribution in [0.3, 0.4) is 0 Å². The van der Waals surface area contributed by atoms with Crippen LogP contribution in [-0.4, -0.2) is 46.8 Å². The summed E-state index contributed by atoms with van der Waals surface area (Å²) in [6.07, 6.45) is 5.98. The zero-order valence-corrected chi connectivity index (χ0v) is 18.1. The van der Waals surface area contributed by atoms with Crippen molar-refractivity contribution in [2.45, 2.75) is 72.3 Å². The van der Waals surface area contributed by atoms with E-state index in [9.17, 15) is 14.4 Å². The van der Waals surface area contributed by atoms with Crippen LogP contribution in [-0.2, 0) is 16.6 Å². The number of carbonyl (C=O) groups is 3. The van der Waals surface area contributed by atoms with Gasteiger partial charge in [-0.2, -0.15) is 0 Å². The van der Waals surface area contributed by atoms with Gasteiger partial charge < -0.3 is 14.2 Å². The number of aromatic nitrogens is 1. The predicted molar refractivity (Wildman–Crippen MR) is 109 cm³/mol. The summed E-state index contributed by atoms with van der Waals surface area (Å²) >= 11 is 0. The van der Waals surface area contributed by atoms with Crippen LogP contribution in [0.5, 0.6) is 0 Å². The zero-order chi connectivity index (χ0) is 21.0. The van der Waals surface area contributed by atoms with Crippen molar-refractivity contribution in [1.82, 2.24) is 9.47 Å². The molecule has 0 spiro atoms. The van der Waals surface area contributed by atoms with Crippen LogP contribution in [0.4, 0.5) is 0 Å². The molecule has 2 rings (SSSR count). The summed E-state index contributed by atoms with van der Waals surface area (Å²) in [6, 6.07) is -0.556. The van der Waals surface area contributed by atoms with E-state index in [0.717, 1.165) is 37.8 Å². The third-order valence-electron chi connectivity index (χ3n) is 6.10. The average Bonchev–Trinajstić information content (AvgIpc) is 2.93. The second kappa shape index (κ2) is 9.39. The van der Waals surface area contributed by atoms with Crippen LogP contribution in [0, 0.1) is 19.8 Å². The molecular formula is C22H34N2O4. The first-order valence-corrected chi connectivity index (χ1v) is 10.3. The summed E-state index contributed by atoms with van der Waals surface area (Å²) in [6.45, 7) is 7.99. The smallest absolute Gasteiger partial charge is 0.354 e. The maximum atomic E-state index is 13.4. The van der Waals surface area contributed by atoms with Crippen molar-refractivity contribution in [2.75, 3.05) is 13.7 Å². The lowest BCUT2D eigenvalue weighted by Crippen LogP contribution is -2.47. The van der Waals surface area contributed by atoms with Gasteiger partial charge in [0.1, 0.15) is 5.69 Å². The first kappa shape index (κ1) is 22.2. The molecule has 1 heterocycles. The van der Waals surface area contributed by atoms with E-state index in [-0.39, 0.29) is 17.6 Å². The number of esters is 1. The molecule has 1 fully saturated rings. The summed E-state index contributed by atoms with van der Waals surface area (Å²) in [5.74, 6) is -0.446. The SMILES string of the molecule is CCCN(C(=O)C1CCCCC1)[C@@H](C)C(=O)c1c(C)c(C(=O)OC)n(C)c1C. The molecule has 0 aliphatic heterocycles. The lowest BCUT2D eigenvalue weighted by Gasteiger charge is -2.33. The first-order valence-electron chi connectivity index (χ1n) is 10.3. The van der Waals surface area contributed by atoms with Gasteiger partial charge in [0.05, 0.1) is 13.2 Å². The Balaban J connectivity index is 2.35. The largest absolute Gasteiger partial charge is 0.464 e. The maximum Gasteiger partial charge on any atom is 0.354 e. The predicted octanol–water partition coefficient (Wildman–Crippen LogP) is 3.82. The molecule has 28 heavy (non-hydrogen) atoms. The van der Waals surface area contributed by atoms with Gasteiger partial charge in [-0.15, -0.1) is 0 Å². The van der Waals surface area contributed by atoms with Crippen LogP contribution in [0.15, 0.2) is 0 Å². The van der Waals surface area contributed by atoms with Gasteiger partial charge in [-0.3, -0.25) is 9.59 Å². The molecule has 1 amide bonds. The van der Waals surface area contributed by atoms with Gasteiger partial charge in [-0.1, -0.05) is 26.2 Å². The molecular weight excluding hydrogens is 356 g/mol. The highest BCUT2D eigenvalue weighted by atomic mass is 16.5. The fraction of sp³-hybridized carbons (Fsp3) is 0.682. The fourth-order valence-electron chi connectivity index (χ4n) is 4.40. The van der Waals surface area contributed by atoms with E-state index in [1.54, 1.807) is 23.4 Å². The Morgan fingerprint density at radius 3 is 2.32 bits per heavy atom. The molecule has 1 aromatic heterocycles. The maximum absolute atomic E-state index is 13.4. The van der Waals surface area contributed by atoms with Crippen molar-refractivity contribution in [1.29, 1.82) is 0 Å². The number of amides is 1. The Hall–Kier alpha value is -2.11. The van der Waals surface area contributed by atoms with E-state index >= 15 is 0 Å². The third kappa shape index (κ3) is 4.15. The monoisotopic (exact) mass is 390 g/mol. The number of carbonyl (C=O) groups excluding carboxylic acids is 3. The first-order chi connectivity index (χ1) is 13.3. The molecule has 0 bridgehead atoms. The second-order valence-corrected chi connectivity index (χ2v) is 7.89. The highest BCUT2D eigenvalue weighted by Crippen LogP contribution is 2.28. The number of hydrogen-bond acceptors (Lipinski definition) is 4. The van der Waals surface area contributed by atoms with Crippen LogP contribution in [0.2, 0.25) is 0 Å². The van der Waals surface area contributed by atoms with Gasteiger partial charge in [0.15, 0.2) is 5.78 Å². The normalized spacial score (nSPS) is 15.9. The lowest BCUT2D eigenvalue weighted by molar-refractivity contribution is -0.137. The Labute approximate surface area is 168 Å². The number of Topliss-reactive ketones (excluding diaryl/α,β-unsaturated/α-hetero) is 1. The van der Waals surface area contributed by atoms with Gasteiger partial charge in [0, 0.05) is 30.8 Å². The number of methoxy groups -OCH3 is 1. The van der Waals surface area contributed by atoms with Crippen LogP contribution in [0.1, 0.15) is 84.5 Å². The van der Waals surface area contributed by atoms with E-state index < -0.39 is 12.0 Å². The Morgan fingerprint density at radius 1 is 1.18 bits per heavy atom. The molecule has 1 aliphatic rings. The molecule has 0 aromatic carbocycles. The molecule has 156 valence electrons. The van der Waals surface area contributed by atoms with Crippen LogP contribution < -0.4 is 0 Å². The third-order valence-corrected chi connectivity index (χ3v) is 6.10. The van der Waals surface area contributed by atoms with Crippen molar-refractivity contribution in [3.8, 4) is 0 Å². The van der Waals surface area contributed by atoms with Crippen molar-refractivity contribution in [2.24, 2.45) is 13.0 Å². The zero-order valence-electron chi connectivity index (χ0n) is 18.1. The number of hydrogen-bond donors (Lipinski definition) is 0. The standard InChI is InChI=1S/C22H34N2O4/c1-7-13-24(21(26)17-11-9-8-10-12-17)16(4)20(25)18-14(2)19(22(27)28-6)23(5)15(18)3/h16-17H,7-13H2,1-6H3/t16-/m0/s1. The van der Waals surface area contributed by atoms with Crippen LogP contribution >= 0.6 is 0 Å². The quantitative estimate of drug-likeness (QED) is 0.524. The molecule has 0 N–H and O–H groups in total. The average molecular weight is 391 g/mol. The Morgan fingerprint density at radius 2 is 1.79 bits per heavy atom. The van der Waals surface area contributed by atoms with E-state index in [1.807, 2.05) is 20.8 Å². The molecule has 6 heteroatoms. The molecule has 1 aromatic rings. The summed E-state index contributed by atoms with van der Waals surface area (Å²) in [5, 5.41) is 0. The van der Waals surface area contributed by atoms with E-state index in [4.69, 9.17) is 4.74 Å². The Kier molecular flexibility index (Phi) is 7.44. The van der Waals surface area contributed by atoms with Gasteiger partial charge in [-0.25, -0.2) is 4.79 Å². The molecule has 1 atom stereocenters. The minimum absolute atomic E-state index is 0.0270. The number of rotatable bonds is 7. The number of ketones is 1. The van der Waals surface area contributed by atoms with E-state index in [1.165, 1.54) is 13.5 Å². The highest BCUT2D eigenvalue weighted by molar-refractivity contribution is 6.06. The minimum atomic E-state index is -0.556. The lowest BCUT2D eigenvalue weighted by atomic mass is 9.87. The van der Waals surface area contributed by atoms with Gasteiger partial charge in [0.2, 0.25) is 5.91 Å². The summed E-state index contributed by atoms with van der Waals surface area (Å²) < 4.78 is 6.58. The Bertz CT molecular complexity index is 744.